The summed E-state index contributed by atoms with van der Waals surface area (Å²) < 4.78 is 0. The number of rotatable bonds is 4. The highest BCUT2D eigenvalue weighted by Gasteiger charge is 2.05. The Labute approximate surface area is 97.4 Å². The summed E-state index contributed by atoms with van der Waals surface area (Å²) in [4.78, 5) is 16.6. The third-order valence-corrected chi connectivity index (χ3v) is 2.44. The Kier molecular flexibility index (Phi) is 3.23. The van der Waals surface area contributed by atoms with Crippen LogP contribution in [0.5, 0.6) is 0 Å². The molecule has 1 N–H and O–H groups in total. The molecule has 1 aromatic heterocycles. The fraction of sp³-hybridized carbons (Fsp3) is 0.0833. The first-order valence-corrected chi connectivity index (χ1v) is 5.09. The highest BCUT2D eigenvalue weighted by atomic mass is 16.1. The number of aromatic nitrogens is 1. The van der Waals surface area contributed by atoms with Crippen molar-refractivity contribution in [2.45, 2.75) is 0 Å². The van der Waals surface area contributed by atoms with Gasteiger partial charge in [-0.3, -0.25) is 4.79 Å². The highest BCUT2D eigenvalue weighted by Crippen LogP contribution is 2.22. The average Bonchev–Trinajstić information content (AvgIpc) is 2.78. The number of azide groups is 1. The number of nitrogens with zero attached hydrogens (tertiary/aromatic N) is 3. The van der Waals surface area contributed by atoms with E-state index in [2.05, 4.69) is 15.0 Å². The van der Waals surface area contributed by atoms with Gasteiger partial charge in [0.25, 0.3) is 0 Å². The number of carbonyl (C=O) groups excluding carboxylic acids is 1. The summed E-state index contributed by atoms with van der Waals surface area (Å²) in [6, 6.07) is 5.73. The number of aromatic amines is 1. The molecule has 0 atom stereocenters. The third-order valence-electron chi connectivity index (χ3n) is 2.44. The second-order valence-corrected chi connectivity index (χ2v) is 3.45. The first-order valence-electron chi connectivity index (χ1n) is 5.09. The Bertz CT molecular complexity index is 620. The minimum absolute atomic E-state index is 0.299. The quantitative estimate of drug-likeness (QED) is 0.369. The summed E-state index contributed by atoms with van der Waals surface area (Å²) in [6.07, 6.45) is 6.11. The van der Waals surface area contributed by atoms with E-state index in [0.29, 0.717) is 12.1 Å². The smallest absolute Gasteiger partial charge is 0.152 e. The van der Waals surface area contributed by atoms with E-state index in [1.807, 2.05) is 24.3 Å². The maximum Gasteiger partial charge on any atom is 0.152 e. The van der Waals surface area contributed by atoms with E-state index in [1.54, 1.807) is 12.3 Å². The van der Waals surface area contributed by atoms with Gasteiger partial charge in [0.05, 0.1) is 0 Å². The van der Waals surface area contributed by atoms with Crippen molar-refractivity contribution in [2.24, 2.45) is 5.11 Å². The molecule has 17 heavy (non-hydrogen) atoms. The molecule has 0 aliphatic heterocycles. The summed E-state index contributed by atoms with van der Waals surface area (Å²) in [6.45, 7) is 0.299. The zero-order valence-electron chi connectivity index (χ0n) is 9.00. The lowest BCUT2D eigenvalue weighted by Crippen LogP contribution is -1.80. The van der Waals surface area contributed by atoms with E-state index in [0.717, 1.165) is 22.8 Å². The average molecular weight is 226 g/mol. The van der Waals surface area contributed by atoms with Gasteiger partial charge < -0.3 is 4.98 Å². The molecule has 84 valence electrons. The zero-order valence-corrected chi connectivity index (χ0v) is 9.00. The number of carbonyl (C=O) groups is 1. The molecule has 5 heteroatoms. The topological polar surface area (TPSA) is 81.6 Å². The molecular weight excluding hydrogens is 216 g/mol. The Hall–Kier alpha value is -2.52. The molecule has 0 saturated heterocycles. The van der Waals surface area contributed by atoms with Gasteiger partial charge in [-0.2, -0.15) is 0 Å². The van der Waals surface area contributed by atoms with Crippen molar-refractivity contribution >= 4 is 23.3 Å². The van der Waals surface area contributed by atoms with Gasteiger partial charge in [-0.25, -0.2) is 0 Å². The van der Waals surface area contributed by atoms with E-state index in [1.165, 1.54) is 0 Å². The Balaban J connectivity index is 2.45. The van der Waals surface area contributed by atoms with E-state index in [-0.39, 0.29) is 0 Å². The number of nitrogens with one attached hydrogen (secondary N) is 1. The molecule has 0 aliphatic carbocycles. The normalized spacial score (nSPS) is 10.6. The molecule has 1 aromatic carbocycles. The first-order chi connectivity index (χ1) is 8.36. The van der Waals surface area contributed by atoms with Crippen molar-refractivity contribution in [3.05, 3.63) is 52.0 Å². The third kappa shape index (κ3) is 2.19. The van der Waals surface area contributed by atoms with Gasteiger partial charge in [0, 0.05) is 34.1 Å². The molecule has 2 aromatic rings. The second-order valence-electron chi connectivity index (χ2n) is 3.45. The maximum absolute atomic E-state index is 10.9. The van der Waals surface area contributed by atoms with Gasteiger partial charge in [0.1, 0.15) is 0 Å². The lowest BCUT2D eigenvalue weighted by molar-refractivity contribution is 0.112. The summed E-state index contributed by atoms with van der Waals surface area (Å²) in [7, 11) is 0. The number of aldehydes is 1. The molecule has 0 amide bonds. The molecule has 0 bridgehead atoms. The fourth-order valence-electron chi connectivity index (χ4n) is 1.74. The number of H-pyrrole nitrogens is 1. The van der Waals surface area contributed by atoms with Gasteiger partial charge in [-0.15, -0.1) is 0 Å². The first kappa shape index (κ1) is 11.0. The van der Waals surface area contributed by atoms with Crippen LogP contribution in [-0.2, 0) is 0 Å². The molecule has 0 spiro atoms. The minimum Gasteiger partial charge on any atom is -0.360 e. The Morgan fingerprint density at radius 1 is 1.41 bits per heavy atom. The van der Waals surface area contributed by atoms with Crippen LogP contribution < -0.4 is 0 Å². The largest absolute Gasteiger partial charge is 0.360 e. The van der Waals surface area contributed by atoms with Crippen molar-refractivity contribution in [2.75, 3.05) is 6.54 Å². The van der Waals surface area contributed by atoms with E-state index in [9.17, 15) is 4.79 Å². The number of benzene rings is 1. The number of hydrogen-bond acceptors (Lipinski definition) is 2. The standard InChI is InChI=1S/C12H10N4O/c13-16-15-6-2-4-9-3-1-5-11-12(9)10(8-17)7-14-11/h1-5,7-8,14H,6H2. The maximum atomic E-state index is 10.9. The van der Waals surface area contributed by atoms with E-state index < -0.39 is 0 Å². The molecule has 0 radical (unpaired) electrons. The van der Waals surface area contributed by atoms with Crippen LogP contribution in [0, 0.1) is 0 Å². The minimum atomic E-state index is 0.299. The number of hydrogen-bond donors (Lipinski definition) is 1. The predicted octanol–water partition coefficient (Wildman–Crippen LogP) is 3.30. The molecule has 0 fully saturated rings. The van der Waals surface area contributed by atoms with Crippen LogP contribution in [0.3, 0.4) is 0 Å². The summed E-state index contributed by atoms with van der Waals surface area (Å²) in [5.41, 5.74) is 10.6. The highest BCUT2D eigenvalue weighted by molar-refractivity contribution is 6.01. The van der Waals surface area contributed by atoms with E-state index >= 15 is 0 Å². The van der Waals surface area contributed by atoms with Crippen LogP contribution in [0.2, 0.25) is 0 Å². The molecule has 0 saturated carbocycles. The molecule has 1 heterocycles. The van der Waals surface area contributed by atoms with Crippen LogP contribution in [0.4, 0.5) is 0 Å². The molecule has 2 rings (SSSR count). The number of fused-ring (bicyclic) bond motifs is 1. The fourth-order valence-corrected chi connectivity index (χ4v) is 1.74. The van der Waals surface area contributed by atoms with Crippen molar-refractivity contribution in [3.8, 4) is 0 Å². The van der Waals surface area contributed by atoms with Gasteiger partial charge >= 0.3 is 0 Å². The SMILES string of the molecule is [N-]=[N+]=NCC=Cc1cccc2[nH]cc(C=O)c12. The van der Waals surface area contributed by atoms with Gasteiger partial charge in [0.15, 0.2) is 6.29 Å². The van der Waals surface area contributed by atoms with Crippen molar-refractivity contribution in [1.29, 1.82) is 0 Å². The lowest BCUT2D eigenvalue weighted by atomic mass is 10.1. The second kappa shape index (κ2) is 5.01. The summed E-state index contributed by atoms with van der Waals surface area (Å²) in [5, 5.41) is 4.30. The van der Waals surface area contributed by atoms with E-state index in [4.69, 9.17) is 5.53 Å². The van der Waals surface area contributed by atoms with Gasteiger partial charge in [0.2, 0.25) is 0 Å². The van der Waals surface area contributed by atoms with Crippen molar-refractivity contribution in [1.82, 2.24) is 4.98 Å². The Morgan fingerprint density at radius 3 is 3.06 bits per heavy atom. The van der Waals surface area contributed by atoms with Crippen LogP contribution in [0.1, 0.15) is 15.9 Å². The van der Waals surface area contributed by atoms with Crippen LogP contribution in [0.15, 0.2) is 35.6 Å². The summed E-state index contributed by atoms with van der Waals surface area (Å²) in [5.74, 6) is 0. The molecule has 5 nitrogen and oxygen atoms in total. The van der Waals surface area contributed by atoms with Gasteiger partial charge in [-0.05, 0) is 17.2 Å². The van der Waals surface area contributed by atoms with Crippen LogP contribution in [0.25, 0.3) is 27.4 Å². The van der Waals surface area contributed by atoms with Crippen LogP contribution >= 0.6 is 0 Å². The molecular formula is C12H10N4O. The van der Waals surface area contributed by atoms with Crippen molar-refractivity contribution < 1.29 is 4.79 Å². The zero-order chi connectivity index (χ0) is 12.1. The molecule has 0 aliphatic rings. The Morgan fingerprint density at radius 2 is 2.29 bits per heavy atom. The molecule has 0 unspecified atom stereocenters. The van der Waals surface area contributed by atoms with Crippen molar-refractivity contribution in [3.63, 3.8) is 0 Å². The lowest BCUT2D eigenvalue weighted by Gasteiger charge is -1.97. The van der Waals surface area contributed by atoms with Gasteiger partial charge in [-0.1, -0.05) is 29.4 Å². The monoisotopic (exact) mass is 226 g/mol. The predicted molar refractivity (Wildman–Crippen MR) is 66.7 cm³/mol. The van der Waals surface area contributed by atoms with Crippen LogP contribution in [-0.4, -0.2) is 17.8 Å². The summed E-state index contributed by atoms with van der Waals surface area (Å²) >= 11 is 0.